The van der Waals surface area contributed by atoms with Gasteiger partial charge in [-0.25, -0.2) is 0 Å². The van der Waals surface area contributed by atoms with E-state index in [9.17, 15) is 4.79 Å². The number of esters is 1. The van der Waals surface area contributed by atoms with Gasteiger partial charge in [0.25, 0.3) is 0 Å². The predicted octanol–water partition coefficient (Wildman–Crippen LogP) is 1.31. The third-order valence-electron chi connectivity index (χ3n) is 2.05. The summed E-state index contributed by atoms with van der Waals surface area (Å²) in [6.45, 7) is 8.03. The first-order chi connectivity index (χ1) is 5.38. The predicted molar refractivity (Wildman–Crippen MR) is 48.7 cm³/mol. The molecule has 0 aromatic rings. The molecule has 0 heterocycles. The molecule has 0 spiro atoms. The van der Waals surface area contributed by atoms with Crippen molar-refractivity contribution in [3.05, 3.63) is 0 Å². The molecule has 0 rings (SSSR count). The number of hydrogen-bond donors (Lipinski definition) is 1. The van der Waals surface area contributed by atoms with Crippen LogP contribution in [0.4, 0.5) is 0 Å². The van der Waals surface area contributed by atoms with Crippen molar-refractivity contribution in [1.29, 1.82) is 0 Å². The molecule has 0 fully saturated rings. The Morgan fingerprint density at radius 2 is 2.08 bits per heavy atom. The van der Waals surface area contributed by atoms with Crippen molar-refractivity contribution in [1.82, 2.24) is 0 Å². The topological polar surface area (TPSA) is 52.3 Å². The standard InChI is InChI=1S/C9H19NO2/c1-5-12-8(11)6-7(2)9(3,4)10/h7H,5-6,10H2,1-4H3. The number of carbonyl (C=O) groups excluding carboxylic acids is 1. The third-order valence-corrected chi connectivity index (χ3v) is 2.05. The molecule has 0 amide bonds. The van der Waals surface area contributed by atoms with Crippen molar-refractivity contribution in [3.63, 3.8) is 0 Å². The fraction of sp³-hybridized carbons (Fsp3) is 0.889. The van der Waals surface area contributed by atoms with Crippen LogP contribution in [0.1, 0.15) is 34.1 Å². The molecule has 3 heteroatoms. The number of ether oxygens (including phenoxy) is 1. The Labute approximate surface area is 74.3 Å². The monoisotopic (exact) mass is 173 g/mol. The number of rotatable bonds is 4. The quantitative estimate of drug-likeness (QED) is 0.652. The van der Waals surface area contributed by atoms with Gasteiger partial charge >= 0.3 is 5.97 Å². The van der Waals surface area contributed by atoms with Crippen molar-refractivity contribution >= 4 is 5.97 Å². The summed E-state index contributed by atoms with van der Waals surface area (Å²) in [5, 5.41) is 0. The summed E-state index contributed by atoms with van der Waals surface area (Å²) in [5.74, 6) is -0.0138. The molecular formula is C9H19NO2. The number of carbonyl (C=O) groups is 1. The normalized spacial score (nSPS) is 14.1. The highest BCUT2D eigenvalue weighted by Crippen LogP contribution is 2.16. The van der Waals surface area contributed by atoms with Crippen LogP contribution in [0.15, 0.2) is 0 Å². The second kappa shape index (κ2) is 4.45. The zero-order valence-corrected chi connectivity index (χ0v) is 8.39. The van der Waals surface area contributed by atoms with E-state index in [1.165, 1.54) is 0 Å². The lowest BCUT2D eigenvalue weighted by Crippen LogP contribution is -2.40. The summed E-state index contributed by atoms with van der Waals surface area (Å²) in [5.41, 5.74) is 5.50. The third kappa shape index (κ3) is 4.34. The van der Waals surface area contributed by atoms with Crippen LogP contribution in [0.5, 0.6) is 0 Å². The molecule has 0 saturated carbocycles. The fourth-order valence-corrected chi connectivity index (χ4v) is 0.733. The highest BCUT2D eigenvalue weighted by Gasteiger charge is 2.23. The molecule has 1 atom stereocenters. The Balaban J connectivity index is 3.84. The minimum atomic E-state index is -0.313. The van der Waals surface area contributed by atoms with E-state index < -0.39 is 0 Å². The van der Waals surface area contributed by atoms with E-state index in [1.54, 1.807) is 6.92 Å². The average Bonchev–Trinajstić information content (AvgIpc) is 1.85. The molecule has 3 nitrogen and oxygen atoms in total. The minimum absolute atomic E-state index is 0.150. The first-order valence-electron chi connectivity index (χ1n) is 4.32. The molecule has 12 heavy (non-hydrogen) atoms. The fourth-order valence-electron chi connectivity index (χ4n) is 0.733. The maximum absolute atomic E-state index is 11.0. The van der Waals surface area contributed by atoms with E-state index in [1.807, 2.05) is 20.8 Å². The molecule has 0 aromatic carbocycles. The average molecular weight is 173 g/mol. The molecule has 0 bridgehead atoms. The first-order valence-corrected chi connectivity index (χ1v) is 4.32. The van der Waals surface area contributed by atoms with Crippen molar-refractivity contribution in [3.8, 4) is 0 Å². The van der Waals surface area contributed by atoms with Gasteiger partial charge in [0.2, 0.25) is 0 Å². The molecule has 2 N–H and O–H groups in total. The van der Waals surface area contributed by atoms with Crippen molar-refractivity contribution in [2.45, 2.75) is 39.7 Å². The van der Waals surface area contributed by atoms with Gasteiger partial charge in [-0.05, 0) is 26.7 Å². The Hall–Kier alpha value is -0.570. The molecule has 0 aliphatic rings. The van der Waals surface area contributed by atoms with Gasteiger partial charge in [-0.3, -0.25) is 4.79 Å². The van der Waals surface area contributed by atoms with Gasteiger partial charge in [0.1, 0.15) is 0 Å². The lowest BCUT2D eigenvalue weighted by Gasteiger charge is -2.26. The lowest BCUT2D eigenvalue weighted by molar-refractivity contribution is -0.144. The molecular weight excluding hydrogens is 154 g/mol. The van der Waals surface area contributed by atoms with Crippen LogP contribution in [0.2, 0.25) is 0 Å². The second-order valence-corrected chi connectivity index (χ2v) is 3.73. The lowest BCUT2D eigenvalue weighted by atomic mass is 9.88. The highest BCUT2D eigenvalue weighted by molar-refractivity contribution is 5.69. The zero-order valence-electron chi connectivity index (χ0n) is 8.39. The summed E-state index contributed by atoms with van der Waals surface area (Å²) in [6.07, 6.45) is 0.400. The Morgan fingerprint density at radius 1 is 1.58 bits per heavy atom. The molecule has 0 aliphatic carbocycles. The maximum atomic E-state index is 11.0. The van der Waals surface area contributed by atoms with Gasteiger partial charge in [-0.1, -0.05) is 6.92 Å². The van der Waals surface area contributed by atoms with Crippen molar-refractivity contribution in [2.75, 3.05) is 6.61 Å². The summed E-state index contributed by atoms with van der Waals surface area (Å²) in [4.78, 5) is 11.0. The Kier molecular flexibility index (Phi) is 4.24. The van der Waals surface area contributed by atoms with E-state index in [4.69, 9.17) is 10.5 Å². The van der Waals surface area contributed by atoms with Crippen molar-refractivity contribution in [2.24, 2.45) is 11.7 Å². The molecule has 0 saturated heterocycles. The van der Waals surface area contributed by atoms with Gasteiger partial charge in [-0.15, -0.1) is 0 Å². The summed E-state index contributed by atoms with van der Waals surface area (Å²) >= 11 is 0. The van der Waals surface area contributed by atoms with Crippen LogP contribution in [0.3, 0.4) is 0 Å². The molecule has 0 aromatic heterocycles. The van der Waals surface area contributed by atoms with Crippen LogP contribution in [0.25, 0.3) is 0 Å². The summed E-state index contributed by atoms with van der Waals surface area (Å²) in [6, 6.07) is 0. The van der Waals surface area contributed by atoms with E-state index in [-0.39, 0.29) is 17.4 Å². The maximum Gasteiger partial charge on any atom is 0.306 e. The van der Waals surface area contributed by atoms with Crippen LogP contribution >= 0.6 is 0 Å². The smallest absolute Gasteiger partial charge is 0.306 e. The number of nitrogens with two attached hydrogens (primary N) is 1. The van der Waals surface area contributed by atoms with Gasteiger partial charge in [-0.2, -0.15) is 0 Å². The van der Waals surface area contributed by atoms with E-state index in [2.05, 4.69) is 0 Å². The Bertz CT molecular complexity index is 149. The van der Waals surface area contributed by atoms with Crippen LogP contribution < -0.4 is 5.73 Å². The minimum Gasteiger partial charge on any atom is -0.466 e. The van der Waals surface area contributed by atoms with E-state index >= 15 is 0 Å². The molecule has 0 radical (unpaired) electrons. The Morgan fingerprint density at radius 3 is 2.42 bits per heavy atom. The van der Waals surface area contributed by atoms with E-state index in [0.717, 1.165) is 0 Å². The van der Waals surface area contributed by atoms with Crippen LogP contribution in [-0.2, 0) is 9.53 Å². The zero-order chi connectivity index (χ0) is 9.78. The van der Waals surface area contributed by atoms with Crippen molar-refractivity contribution < 1.29 is 9.53 Å². The van der Waals surface area contributed by atoms with Gasteiger partial charge < -0.3 is 10.5 Å². The number of hydrogen-bond acceptors (Lipinski definition) is 3. The first kappa shape index (κ1) is 11.4. The largest absolute Gasteiger partial charge is 0.466 e. The van der Waals surface area contributed by atoms with E-state index in [0.29, 0.717) is 13.0 Å². The summed E-state index contributed by atoms with van der Waals surface area (Å²) < 4.78 is 4.81. The molecule has 72 valence electrons. The second-order valence-electron chi connectivity index (χ2n) is 3.73. The summed E-state index contributed by atoms with van der Waals surface area (Å²) in [7, 11) is 0. The van der Waals surface area contributed by atoms with Gasteiger partial charge in [0.05, 0.1) is 6.61 Å². The molecule has 1 unspecified atom stereocenters. The van der Waals surface area contributed by atoms with Gasteiger partial charge in [0, 0.05) is 12.0 Å². The van der Waals surface area contributed by atoms with Gasteiger partial charge in [0.15, 0.2) is 0 Å². The highest BCUT2D eigenvalue weighted by atomic mass is 16.5. The van der Waals surface area contributed by atoms with Crippen LogP contribution in [0, 0.1) is 5.92 Å². The van der Waals surface area contributed by atoms with Crippen LogP contribution in [-0.4, -0.2) is 18.1 Å². The SMILES string of the molecule is CCOC(=O)CC(C)C(C)(C)N. The molecule has 0 aliphatic heterocycles.